The fourth-order valence-electron chi connectivity index (χ4n) is 1.98. The monoisotopic (exact) mass is 224 g/mol. The smallest absolute Gasteiger partial charge is 0.323 e. The van der Waals surface area contributed by atoms with Gasteiger partial charge in [-0.25, -0.2) is 0 Å². The number of rotatable bonds is 4. The predicted molar refractivity (Wildman–Crippen MR) is 58.4 cm³/mol. The molecule has 1 saturated carbocycles. The number of carbonyl (C=O) groups excluding carboxylic acids is 1. The molecule has 88 valence electrons. The molecule has 1 amide bonds. The molecule has 1 aliphatic carbocycles. The maximum absolute atomic E-state index is 11.9. The molecule has 2 atom stereocenters. The number of terminal acetylenes is 1. The fraction of sp³-hybridized carbons (Fsp3) is 0.636. The highest BCUT2D eigenvalue weighted by molar-refractivity contribution is 5.83. The minimum absolute atomic E-state index is 0.0386. The first-order valence-corrected chi connectivity index (χ1v) is 5.24. The predicted octanol–water partition coefficient (Wildman–Crippen LogP) is -0.340. The summed E-state index contributed by atoms with van der Waals surface area (Å²) < 4.78 is 0. The van der Waals surface area contributed by atoms with Crippen molar-refractivity contribution in [3.05, 3.63) is 0 Å². The molecule has 0 aromatic carbocycles. The van der Waals surface area contributed by atoms with E-state index in [9.17, 15) is 9.59 Å². The number of amides is 1. The van der Waals surface area contributed by atoms with Crippen LogP contribution in [0.3, 0.4) is 0 Å². The van der Waals surface area contributed by atoms with Crippen LogP contribution in [0.25, 0.3) is 0 Å². The van der Waals surface area contributed by atoms with Gasteiger partial charge in [-0.2, -0.15) is 0 Å². The first-order chi connectivity index (χ1) is 7.54. The summed E-state index contributed by atoms with van der Waals surface area (Å²) >= 11 is 0. The van der Waals surface area contributed by atoms with E-state index >= 15 is 0 Å². The Balaban J connectivity index is 2.60. The Morgan fingerprint density at radius 2 is 2.19 bits per heavy atom. The summed E-state index contributed by atoms with van der Waals surface area (Å²) in [5.74, 6) is 0.898. The second kappa shape index (κ2) is 5.52. The molecule has 0 spiro atoms. The summed E-state index contributed by atoms with van der Waals surface area (Å²) in [5, 5.41) is 8.67. The largest absolute Gasteiger partial charge is 0.480 e. The molecule has 0 aromatic heterocycles. The number of hydrogen-bond donors (Lipinski definition) is 2. The SMILES string of the molecule is C#CCN(CC(=O)O)C(=O)C1CCC(N)C1. The van der Waals surface area contributed by atoms with Crippen LogP contribution in [0.15, 0.2) is 0 Å². The summed E-state index contributed by atoms with van der Waals surface area (Å²) in [5.41, 5.74) is 5.71. The minimum atomic E-state index is -1.05. The number of carboxylic acid groups (broad SMARTS) is 1. The molecule has 16 heavy (non-hydrogen) atoms. The van der Waals surface area contributed by atoms with Gasteiger partial charge in [-0.3, -0.25) is 9.59 Å². The molecule has 5 nitrogen and oxygen atoms in total. The second-order valence-corrected chi connectivity index (χ2v) is 4.06. The van der Waals surface area contributed by atoms with Crippen molar-refractivity contribution in [2.45, 2.75) is 25.3 Å². The lowest BCUT2D eigenvalue weighted by Crippen LogP contribution is -2.39. The first-order valence-electron chi connectivity index (χ1n) is 5.24. The summed E-state index contributed by atoms with van der Waals surface area (Å²) in [6.07, 6.45) is 7.27. The van der Waals surface area contributed by atoms with E-state index in [0.29, 0.717) is 6.42 Å². The maximum atomic E-state index is 11.9. The molecule has 1 rings (SSSR count). The van der Waals surface area contributed by atoms with Crippen LogP contribution in [0.1, 0.15) is 19.3 Å². The van der Waals surface area contributed by atoms with Crippen molar-refractivity contribution in [3.63, 3.8) is 0 Å². The third-order valence-electron chi connectivity index (χ3n) is 2.74. The molecule has 0 radical (unpaired) electrons. The fourth-order valence-corrected chi connectivity index (χ4v) is 1.98. The van der Waals surface area contributed by atoms with Crippen molar-refractivity contribution < 1.29 is 14.7 Å². The van der Waals surface area contributed by atoms with E-state index in [1.54, 1.807) is 0 Å². The zero-order valence-corrected chi connectivity index (χ0v) is 9.06. The maximum Gasteiger partial charge on any atom is 0.323 e. The van der Waals surface area contributed by atoms with Crippen LogP contribution in [0.2, 0.25) is 0 Å². The van der Waals surface area contributed by atoms with Gasteiger partial charge in [0.25, 0.3) is 0 Å². The average Bonchev–Trinajstić information content (AvgIpc) is 2.62. The molecule has 0 bridgehead atoms. The van der Waals surface area contributed by atoms with Crippen molar-refractivity contribution >= 4 is 11.9 Å². The van der Waals surface area contributed by atoms with E-state index in [0.717, 1.165) is 12.8 Å². The normalized spacial score (nSPS) is 23.8. The molecular weight excluding hydrogens is 208 g/mol. The van der Waals surface area contributed by atoms with Crippen LogP contribution in [-0.2, 0) is 9.59 Å². The van der Waals surface area contributed by atoms with Crippen LogP contribution in [-0.4, -0.2) is 41.0 Å². The van der Waals surface area contributed by atoms with Gasteiger partial charge in [-0.1, -0.05) is 5.92 Å². The third-order valence-corrected chi connectivity index (χ3v) is 2.74. The van der Waals surface area contributed by atoms with Crippen molar-refractivity contribution in [2.75, 3.05) is 13.1 Å². The van der Waals surface area contributed by atoms with Gasteiger partial charge in [0.15, 0.2) is 0 Å². The number of hydrogen-bond acceptors (Lipinski definition) is 3. The Hall–Kier alpha value is -1.54. The molecule has 5 heteroatoms. The van der Waals surface area contributed by atoms with E-state index < -0.39 is 5.97 Å². The summed E-state index contributed by atoms with van der Waals surface area (Å²) in [7, 11) is 0. The Kier molecular flexibility index (Phi) is 4.32. The Morgan fingerprint density at radius 1 is 1.50 bits per heavy atom. The van der Waals surface area contributed by atoms with Crippen LogP contribution in [0.5, 0.6) is 0 Å². The van der Waals surface area contributed by atoms with Gasteiger partial charge in [-0.05, 0) is 19.3 Å². The van der Waals surface area contributed by atoms with Crippen LogP contribution >= 0.6 is 0 Å². The second-order valence-electron chi connectivity index (χ2n) is 4.06. The quantitative estimate of drug-likeness (QED) is 0.640. The topological polar surface area (TPSA) is 83.6 Å². The van der Waals surface area contributed by atoms with E-state index in [4.69, 9.17) is 17.3 Å². The van der Waals surface area contributed by atoms with Crippen molar-refractivity contribution in [2.24, 2.45) is 11.7 Å². The first kappa shape index (κ1) is 12.5. The molecule has 3 N–H and O–H groups in total. The Labute approximate surface area is 94.6 Å². The van der Waals surface area contributed by atoms with Gasteiger partial charge >= 0.3 is 5.97 Å². The number of aliphatic carboxylic acids is 1. The van der Waals surface area contributed by atoms with Gasteiger partial charge in [0, 0.05) is 12.0 Å². The van der Waals surface area contributed by atoms with Gasteiger partial charge in [0.1, 0.15) is 6.54 Å². The summed E-state index contributed by atoms with van der Waals surface area (Å²) in [6.45, 7) is -0.300. The molecule has 0 aliphatic heterocycles. The lowest BCUT2D eigenvalue weighted by atomic mass is 10.1. The Morgan fingerprint density at radius 3 is 2.62 bits per heavy atom. The van der Waals surface area contributed by atoms with E-state index in [2.05, 4.69) is 5.92 Å². The zero-order valence-electron chi connectivity index (χ0n) is 9.06. The van der Waals surface area contributed by atoms with Crippen molar-refractivity contribution in [3.8, 4) is 12.3 Å². The van der Waals surface area contributed by atoms with Crippen molar-refractivity contribution in [1.29, 1.82) is 0 Å². The molecule has 0 saturated heterocycles. The zero-order chi connectivity index (χ0) is 12.1. The number of nitrogens with zero attached hydrogens (tertiary/aromatic N) is 1. The summed E-state index contributed by atoms with van der Waals surface area (Å²) in [4.78, 5) is 23.7. The number of nitrogens with two attached hydrogens (primary N) is 1. The molecule has 1 fully saturated rings. The standard InChI is InChI=1S/C11H16N2O3/c1-2-5-13(7-10(14)15)11(16)8-3-4-9(12)6-8/h1,8-9H,3-7,12H2,(H,14,15). The average molecular weight is 224 g/mol. The van der Waals surface area contributed by atoms with Gasteiger partial charge in [0.05, 0.1) is 6.54 Å². The van der Waals surface area contributed by atoms with Crippen LogP contribution in [0.4, 0.5) is 0 Å². The highest BCUT2D eigenvalue weighted by atomic mass is 16.4. The number of carboxylic acids is 1. The third kappa shape index (κ3) is 3.24. The summed E-state index contributed by atoms with van der Waals surface area (Å²) in [6, 6.07) is 0.0477. The van der Waals surface area contributed by atoms with Gasteiger partial charge < -0.3 is 15.7 Å². The minimum Gasteiger partial charge on any atom is -0.480 e. The van der Waals surface area contributed by atoms with Crippen LogP contribution in [0, 0.1) is 18.3 Å². The molecule has 0 aromatic rings. The van der Waals surface area contributed by atoms with E-state index in [1.807, 2.05) is 0 Å². The highest BCUT2D eigenvalue weighted by Crippen LogP contribution is 2.25. The Bertz CT molecular complexity index is 322. The van der Waals surface area contributed by atoms with Crippen LogP contribution < -0.4 is 5.73 Å². The number of carbonyl (C=O) groups is 2. The van der Waals surface area contributed by atoms with Gasteiger partial charge in [-0.15, -0.1) is 6.42 Å². The van der Waals surface area contributed by atoms with Crippen molar-refractivity contribution in [1.82, 2.24) is 4.90 Å². The molecule has 2 unspecified atom stereocenters. The molecule has 1 aliphatic rings. The van der Waals surface area contributed by atoms with E-state index in [-0.39, 0.29) is 31.0 Å². The molecule has 0 heterocycles. The lowest BCUT2D eigenvalue weighted by molar-refractivity contribution is -0.145. The van der Waals surface area contributed by atoms with E-state index in [1.165, 1.54) is 4.90 Å². The van der Waals surface area contributed by atoms with Gasteiger partial charge in [0.2, 0.25) is 5.91 Å². The lowest BCUT2D eigenvalue weighted by Gasteiger charge is -2.21. The highest BCUT2D eigenvalue weighted by Gasteiger charge is 2.31. The molecular formula is C11H16N2O3.